The van der Waals surface area contributed by atoms with Crippen molar-refractivity contribution in [1.29, 1.82) is 0 Å². The van der Waals surface area contributed by atoms with Gasteiger partial charge in [-0.3, -0.25) is 0 Å². The van der Waals surface area contributed by atoms with Crippen molar-refractivity contribution in [2.45, 2.75) is 6.42 Å². The van der Waals surface area contributed by atoms with Crippen LogP contribution in [0.5, 0.6) is 0 Å². The Labute approximate surface area is 109 Å². The van der Waals surface area contributed by atoms with Gasteiger partial charge in [0.25, 0.3) is 0 Å². The zero-order valence-corrected chi connectivity index (χ0v) is 10.2. The highest BCUT2D eigenvalue weighted by Crippen LogP contribution is 2.18. The van der Waals surface area contributed by atoms with Crippen LogP contribution >= 0.6 is 0 Å². The second kappa shape index (κ2) is 4.65. The summed E-state index contributed by atoms with van der Waals surface area (Å²) in [6.07, 6.45) is 0.537. The summed E-state index contributed by atoms with van der Waals surface area (Å²) >= 11 is 0. The molecule has 0 bridgehead atoms. The fraction of sp³-hybridized carbons (Fsp3) is 0.0667. The second-order valence-electron chi connectivity index (χ2n) is 4.35. The van der Waals surface area contributed by atoms with Crippen LogP contribution in [-0.2, 0) is 6.42 Å². The van der Waals surface area contributed by atoms with E-state index < -0.39 is 0 Å². The monoisotopic (exact) mass is 253 g/mol. The Balaban J connectivity index is 1.99. The summed E-state index contributed by atoms with van der Waals surface area (Å²) in [5.41, 5.74) is 7.70. The van der Waals surface area contributed by atoms with Gasteiger partial charge in [-0.25, -0.2) is 14.4 Å². The lowest BCUT2D eigenvalue weighted by molar-refractivity contribution is 0.627. The number of rotatable bonds is 2. The zero-order valence-electron chi connectivity index (χ0n) is 10.2. The van der Waals surface area contributed by atoms with Gasteiger partial charge in [-0.15, -0.1) is 0 Å². The lowest BCUT2D eigenvalue weighted by Gasteiger charge is -2.05. The van der Waals surface area contributed by atoms with Crippen LogP contribution in [-0.4, -0.2) is 9.97 Å². The molecule has 2 aromatic carbocycles. The van der Waals surface area contributed by atoms with Crippen LogP contribution < -0.4 is 5.73 Å². The van der Waals surface area contributed by atoms with E-state index in [-0.39, 0.29) is 5.82 Å². The number of nitrogens with two attached hydrogens (primary N) is 1. The number of fused-ring (bicyclic) bond motifs is 1. The summed E-state index contributed by atoms with van der Waals surface area (Å²) in [6.45, 7) is 0. The van der Waals surface area contributed by atoms with Crippen molar-refractivity contribution in [1.82, 2.24) is 9.97 Å². The van der Waals surface area contributed by atoms with Gasteiger partial charge in [0, 0.05) is 11.8 Å². The molecule has 0 atom stereocenters. The molecule has 0 unspecified atom stereocenters. The van der Waals surface area contributed by atoms with Gasteiger partial charge in [-0.05, 0) is 29.8 Å². The number of para-hydroxylation sites is 1. The quantitative estimate of drug-likeness (QED) is 0.764. The minimum absolute atomic E-state index is 0.248. The van der Waals surface area contributed by atoms with Gasteiger partial charge in [0.1, 0.15) is 17.5 Å². The van der Waals surface area contributed by atoms with Gasteiger partial charge in [0.15, 0.2) is 0 Å². The molecule has 0 spiro atoms. The minimum Gasteiger partial charge on any atom is -0.383 e. The Morgan fingerprint density at radius 1 is 0.947 bits per heavy atom. The molecule has 3 aromatic rings. The minimum atomic E-state index is -0.248. The predicted molar refractivity (Wildman–Crippen MR) is 73.2 cm³/mol. The first-order valence-electron chi connectivity index (χ1n) is 5.98. The zero-order chi connectivity index (χ0) is 13.2. The highest BCUT2D eigenvalue weighted by molar-refractivity contribution is 5.87. The van der Waals surface area contributed by atoms with E-state index in [1.807, 2.05) is 24.3 Å². The molecular formula is C15H12FN3. The van der Waals surface area contributed by atoms with E-state index in [9.17, 15) is 4.39 Å². The molecule has 0 fully saturated rings. The van der Waals surface area contributed by atoms with Crippen molar-refractivity contribution in [2.75, 3.05) is 5.73 Å². The first-order chi connectivity index (χ1) is 9.22. The molecule has 4 heteroatoms. The van der Waals surface area contributed by atoms with E-state index in [2.05, 4.69) is 9.97 Å². The molecule has 0 saturated heterocycles. The lowest BCUT2D eigenvalue weighted by atomic mass is 10.1. The first-order valence-corrected chi connectivity index (χ1v) is 5.98. The summed E-state index contributed by atoms with van der Waals surface area (Å²) < 4.78 is 12.8. The van der Waals surface area contributed by atoms with E-state index in [0.29, 0.717) is 18.1 Å². The van der Waals surface area contributed by atoms with Gasteiger partial charge in [-0.1, -0.05) is 24.3 Å². The van der Waals surface area contributed by atoms with Crippen molar-refractivity contribution >= 4 is 16.7 Å². The summed E-state index contributed by atoms with van der Waals surface area (Å²) in [5.74, 6) is 0.869. The van der Waals surface area contributed by atoms with Crippen LogP contribution in [0.2, 0.25) is 0 Å². The number of aromatic nitrogens is 2. The maximum atomic E-state index is 12.8. The lowest BCUT2D eigenvalue weighted by Crippen LogP contribution is -2.01. The third-order valence-corrected chi connectivity index (χ3v) is 2.95. The van der Waals surface area contributed by atoms with E-state index >= 15 is 0 Å². The number of hydrogen-bond acceptors (Lipinski definition) is 3. The number of benzene rings is 2. The Morgan fingerprint density at radius 2 is 1.68 bits per heavy atom. The van der Waals surface area contributed by atoms with Crippen molar-refractivity contribution in [3.05, 3.63) is 65.7 Å². The molecule has 0 aliphatic carbocycles. The smallest absolute Gasteiger partial charge is 0.135 e. The van der Waals surface area contributed by atoms with Crippen molar-refractivity contribution in [3.63, 3.8) is 0 Å². The van der Waals surface area contributed by atoms with E-state index in [1.54, 1.807) is 12.1 Å². The van der Waals surface area contributed by atoms with E-state index in [4.69, 9.17) is 5.73 Å². The molecule has 94 valence electrons. The first kappa shape index (κ1) is 11.6. The number of nitrogen functional groups attached to an aromatic ring is 1. The van der Waals surface area contributed by atoms with Crippen LogP contribution in [0.15, 0.2) is 48.5 Å². The topological polar surface area (TPSA) is 51.8 Å². The fourth-order valence-corrected chi connectivity index (χ4v) is 2.01. The van der Waals surface area contributed by atoms with Gasteiger partial charge in [0.05, 0.1) is 5.52 Å². The molecular weight excluding hydrogens is 241 g/mol. The highest BCUT2D eigenvalue weighted by Gasteiger charge is 2.05. The Bertz CT molecular complexity index is 723. The summed E-state index contributed by atoms with van der Waals surface area (Å²) in [4.78, 5) is 8.76. The maximum absolute atomic E-state index is 12.8. The molecule has 2 N–H and O–H groups in total. The number of anilines is 1. The Morgan fingerprint density at radius 3 is 2.47 bits per heavy atom. The number of nitrogens with zero attached hydrogens (tertiary/aromatic N) is 2. The second-order valence-corrected chi connectivity index (χ2v) is 4.35. The molecule has 0 amide bonds. The van der Waals surface area contributed by atoms with Crippen molar-refractivity contribution in [2.24, 2.45) is 0 Å². The van der Waals surface area contributed by atoms with E-state index in [0.717, 1.165) is 16.5 Å². The SMILES string of the molecule is Nc1nc(Cc2ccc(F)cc2)nc2ccccc12. The average Bonchev–Trinajstić information content (AvgIpc) is 2.42. The molecule has 1 heterocycles. The normalized spacial score (nSPS) is 10.8. The Kier molecular flexibility index (Phi) is 2.83. The summed E-state index contributed by atoms with van der Waals surface area (Å²) in [7, 11) is 0. The highest BCUT2D eigenvalue weighted by atomic mass is 19.1. The number of hydrogen-bond donors (Lipinski definition) is 1. The molecule has 0 radical (unpaired) electrons. The largest absolute Gasteiger partial charge is 0.383 e. The van der Waals surface area contributed by atoms with Crippen molar-refractivity contribution in [3.8, 4) is 0 Å². The molecule has 0 saturated carbocycles. The van der Waals surface area contributed by atoms with Crippen LogP contribution in [0.1, 0.15) is 11.4 Å². The van der Waals surface area contributed by atoms with E-state index in [1.165, 1.54) is 12.1 Å². The molecule has 19 heavy (non-hydrogen) atoms. The average molecular weight is 253 g/mol. The fourth-order valence-electron chi connectivity index (χ4n) is 2.01. The van der Waals surface area contributed by atoms with Crippen LogP contribution in [0.4, 0.5) is 10.2 Å². The van der Waals surface area contributed by atoms with Crippen LogP contribution in [0.3, 0.4) is 0 Å². The van der Waals surface area contributed by atoms with Gasteiger partial charge < -0.3 is 5.73 Å². The maximum Gasteiger partial charge on any atom is 0.135 e. The Hall–Kier alpha value is -2.49. The third-order valence-electron chi connectivity index (χ3n) is 2.95. The van der Waals surface area contributed by atoms with Crippen LogP contribution in [0, 0.1) is 5.82 Å². The molecule has 1 aromatic heterocycles. The van der Waals surface area contributed by atoms with Gasteiger partial charge in [-0.2, -0.15) is 0 Å². The van der Waals surface area contributed by atoms with Crippen LogP contribution in [0.25, 0.3) is 10.9 Å². The predicted octanol–water partition coefficient (Wildman–Crippen LogP) is 2.94. The molecule has 0 aliphatic rings. The molecule has 3 rings (SSSR count). The molecule has 3 nitrogen and oxygen atoms in total. The number of halogens is 1. The summed E-state index contributed by atoms with van der Waals surface area (Å²) in [6, 6.07) is 13.9. The standard InChI is InChI=1S/C15H12FN3/c16-11-7-5-10(6-8-11)9-14-18-13-4-2-1-3-12(13)15(17)19-14/h1-8H,9H2,(H2,17,18,19). The van der Waals surface area contributed by atoms with Gasteiger partial charge in [0.2, 0.25) is 0 Å². The van der Waals surface area contributed by atoms with Crippen molar-refractivity contribution < 1.29 is 4.39 Å². The molecule has 0 aliphatic heterocycles. The summed E-state index contributed by atoms with van der Waals surface area (Å²) in [5, 5.41) is 0.852. The van der Waals surface area contributed by atoms with Gasteiger partial charge >= 0.3 is 0 Å². The third kappa shape index (κ3) is 2.38.